The fraction of sp³-hybridized carbons (Fsp3) is 0.235. The van der Waals surface area contributed by atoms with E-state index in [0.717, 1.165) is 34.5 Å². The number of sulfonamides is 1. The molecule has 0 spiro atoms. The Balaban J connectivity index is 0.00000288. The van der Waals surface area contributed by atoms with Gasteiger partial charge >= 0.3 is 0 Å². The maximum Gasteiger partial charge on any atom is 0.265 e. The van der Waals surface area contributed by atoms with E-state index in [9.17, 15) is 13.2 Å². The Labute approximate surface area is 153 Å². The lowest BCUT2D eigenvalue weighted by molar-refractivity contribution is 0.0979. The number of hydrogen-bond acceptors (Lipinski definition) is 4. The summed E-state index contributed by atoms with van der Waals surface area (Å²) < 4.78 is 24.6. The Hall–Kier alpha value is -1.50. The average Bonchev–Trinajstić information content (AvgIpc) is 2.52. The SMILES string of the molecule is CCCSc1cc(-c2ccccc2)ccc1C(=O)NS(C)(=O)=O.Cl. The molecule has 0 fully saturated rings. The molecule has 0 saturated heterocycles. The minimum absolute atomic E-state index is 0. The second kappa shape index (κ2) is 9.11. The van der Waals surface area contributed by atoms with Gasteiger partial charge in [0.15, 0.2) is 0 Å². The third-order valence-electron chi connectivity index (χ3n) is 3.07. The smallest absolute Gasteiger partial charge is 0.265 e. The minimum atomic E-state index is -3.58. The Morgan fingerprint density at radius 1 is 1.08 bits per heavy atom. The lowest BCUT2D eigenvalue weighted by Crippen LogP contribution is -2.29. The van der Waals surface area contributed by atoms with Crippen molar-refractivity contribution < 1.29 is 13.2 Å². The zero-order chi connectivity index (χ0) is 16.9. The second-order valence-corrected chi connectivity index (χ2v) is 8.01. The molecule has 0 aliphatic carbocycles. The molecular weight excluding hydrogens is 366 g/mol. The van der Waals surface area contributed by atoms with Gasteiger partial charge in [0.2, 0.25) is 10.0 Å². The van der Waals surface area contributed by atoms with Gasteiger partial charge in [0.1, 0.15) is 0 Å². The van der Waals surface area contributed by atoms with Gasteiger partial charge < -0.3 is 0 Å². The van der Waals surface area contributed by atoms with E-state index in [2.05, 4.69) is 6.92 Å². The number of carbonyl (C=O) groups is 1. The van der Waals surface area contributed by atoms with Gasteiger partial charge in [-0.25, -0.2) is 13.1 Å². The fourth-order valence-electron chi connectivity index (χ4n) is 2.07. The molecule has 1 amide bonds. The van der Waals surface area contributed by atoms with Crippen molar-refractivity contribution in [3.05, 3.63) is 54.1 Å². The second-order valence-electron chi connectivity index (χ2n) is 5.13. The molecule has 2 rings (SSSR count). The molecule has 7 heteroatoms. The number of benzene rings is 2. The highest BCUT2D eigenvalue weighted by Crippen LogP contribution is 2.29. The molecule has 0 atom stereocenters. The summed E-state index contributed by atoms with van der Waals surface area (Å²) in [5, 5.41) is 0. The lowest BCUT2D eigenvalue weighted by atomic mass is 10.0. The molecule has 0 aliphatic rings. The largest absolute Gasteiger partial charge is 0.268 e. The van der Waals surface area contributed by atoms with Crippen molar-refractivity contribution >= 4 is 40.1 Å². The summed E-state index contributed by atoms with van der Waals surface area (Å²) in [5.74, 6) is 0.267. The molecule has 0 aliphatic heterocycles. The first kappa shape index (κ1) is 20.5. The third-order valence-corrected chi connectivity index (χ3v) is 4.89. The van der Waals surface area contributed by atoms with Gasteiger partial charge in [-0.3, -0.25) is 4.79 Å². The van der Waals surface area contributed by atoms with Crippen LogP contribution in [0.2, 0.25) is 0 Å². The van der Waals surface area contributed by atoms with Crippen LogP contribution in [0, 0.1) is 0 Å². The Morgan fingerprint density at radius 3 is 2.33 bits per heavy atom. The van der Waals surface area contributed by atoms with Crippen LogP contribution in [0.25, 0.3) is 11.1 Å². The first-order chi connectivity index (χ1) is 10.9. The van der Waals surface area contributed by atoms with Crippen molar-refractivity contribution in [2.24, 2.45) is 0 Å². The van der Waals surface area contributed by atoms with Crippen molar-refractivity contribution in [1.82, 2.24) is 4.72 Å². The van der Waals surface area contributed by atoms with E-state index in [0.29, 0.717) is 5.56 Å². The Morgan fingerprint density at radius 2 is 1.75 bits per heavy atom. The van der Waals surface area contributed by atoms with E-state index in [1.54, 1.807) is 17.8 Å². The van der Waals surface area contributed by atoms with Crippen LogP contribution in [0.5, 0.6) is 0 Å². The molecule has 1 N–H and O–H groups in total. The van der Waals surface area contributed by atoms with Crippen LogP contribution in [0.4, 0.5) is 0 Å². The number of amides is 1. The standard InChI is InChI=1S/C17H19NO3S2.ClH/c1-3-11-22-16-12-14(13-7-5-4-6-8-13)9-10-15(16)17(19)18-23(2,20)21;/h4-10,12H,3,11H2,1-2H3,(H,18,19);1H. The van der Waals surface area contributed by atoms with Gasteiger partial charge in [-0.2, -0.15) is 0 Å². The molecule has 0 heterocycles. The molecule has 0 unspecified atom stereocenters. The number of nitrogens with one attached hydrogen (secondary N) is 1. The first-order valence-electron chi connectivity index (χ1n) is 7.25. The zero-order valence-electron chi connectivity index (χ0n) is 13.5. The molecule has 24 heavy (non-hydrogen) atoms. The topological polar surface area (TPSA) is 63.2 Å². The summed E-state index contributed by atoms with van der Waals surface area (Å²) in [6.07, 6.45) is 1.94. The molecule has 4 nitrogen and oxygen atoms in total. The predicted octanol–water partition coefficient (Wildman–Crippen LogP) is 3.97. The highest BCUT2D eigenvalue weighted by Gasteiger charge is 2.16. The predicted molar refractivity (Wildman–Crippen MR) is 102 cm³/mol. The monoisotopic (exact) mass is 385 g/mol. The van der Waals surface area contributed by atoms with E-state index >= 15 is 0 Å². The molecule has 2 aromatic rings. The van der Waals surface area contributed by atoms with Crippen LogP contribution >= 0.6 is 24.2 Å². The highest BCUT2D eigenvalue weighted by molar-refractivity contribution is 7.99. The van der Waals surface area contributed by atoms with Crippen molar-refractivity contribution in [2.45, 2.75) is 18.2 Å². The van der Waals surface area contributed by atoms with E-state index < -0.39 is 15.9 Å². The number of thioether (sulfide) groups is 1. The normalized spacial score (nSPS) is 10.8. The van der Waals surface area contributed by atoms with Gasteiger partial charge in [-0.1, -0.05) is 43.3 Å². The molecule has 0 bridgehead atoms. The number of carbonyl (C=O) groups excluding carboxylic acids is 1. The summed E-state index contributed by atoms with van der Waals surface area (Å²) in [5.41, 5.74) is 2.44. The molecule has 130 valence electrons. The highest BCUT2D eigenvalue weighted by atomic mass is 35.5. The molecule has 0 radical (unpaired) electrons. The van der Waals surface area contributed by atoms with Gasteiger partial charge in [0.05, 0.1) is 11.8 Å². The van der Waals surface area contributed by atoms with Crippen LogP contribution < -0.4 is 4.72 Å². The number of rotatable bonds is 6. The number of halogens is 1. The zero-order valence-corrected chi connectivity index (χ0v) is 15.9. The van der Waals surface area contributed by atoms with Crippen LogP contribution in [0.15, 0.2) is 53.4 Å². The van der Waals surface area contributed by atoms with Crippen LogP contribution in [0.1, 0.15) is 23.7 Å². The van der Waals surface area contributed by atoms with Crippen molar-refractivity contribution in [1.29, 1.82) is 0 Å². The Kier molecular flexibility index (Phi) is 7.79. The van der Waals surface area contributed by atoms with E-state index in [-0.39, 0.29) is 12.4 Å². The Bertz CT molecular complexity index is 793. The maximum atomic E-state index is 12.2. The molecule has 0 aromatic heterocycles. The van der Waals surface area contributed by atoms with E-state index in [4.69, 9.17) is 0 Å². The summed E-state index contributed by atoms with van der Waals surface area (Å²) in [6, 6.07) is 15.3. The van der Waals surface area contributed by atoms with Gasteiger partial charge in [-0.05, 0) is 35.4 Å². The molecule has 0 saturated carbocycles. The summed E-state index contributed by atoms with van der Waals surface area (Å²) >= 11 is 1.55. The van der Waals surface area contributed by atoms with Gasteiger partial charge in [0, 0.05) is 4.90 Å². The van der Waals surface area contributed by atoms with E-state index in [1.165, 1.54) is 0 Å². The lowest BCUT2D eigenvalue weighted by Gasteiger charge is -2.11. The van der Waals surface area contributed by atoms with Crippen molar-refractivity contribution in [3.63, 3.8) is 0 Å². The summed E-state index contributed by atoms with van der Waals surface area (Å²) in [6.45, 7) is 2.06. The van der Waals surface area contributed by atoms with Gasteiger partial charge in [0.25, 0.3) is 5.91 Å². The van der Waals surface area contributed by atoms with E-state index in [1.807, 2.05) is 47.2 Å². The average molecular weight is 386 g/mol. The summed E-state index contributed by atoms with van der Waals surface area (Å²) in [4.78, 5) is 13.0. The molecular formula is C17H20ClNO3S2. The maximum absolute atomic E-state index is 12.2. The molecule has 2 aromatic carbocycles. The van der Waals surface area contributed by atoms with Crippen LogP contribution in [-0.4, -0.2) is 26.3 Å². The van der Waals surface area contributed by atoms with Crippen LogP contribution in [0.3, 0.4) is 0 Å². The van der Waals surface area contributed by atoms with Crippen molar-refractivity contribution in [2.75, 3.05) is 12.0 Å². The third kappa shape index (κ3) is 5.85. The quantitative estimate of drug-likeness (QED) is 0.764. The number of hydrogen-bond donors (Lipinski definition) is 1. The van der Waals surface area contributed by atoms with Crippen LogP contribution in [-0.2, 0) is 10.0 Å². The summed E-state index contributed by atoms with van der Waals surface area (Å²) in [7, 11) is -3.58. The fourth-order valence-corrected chi connectivity index (χ4v) is 3.47. The minimum Gasteiger partial charge on any atom is -0.268 e. The van der Waals surface area contributed by atoms with Crippen molar-refractivity contribution in [3.8, 4) is 11.1 Å². The van der Waals surface area contributed by atoms with Gasteiger partial charge in [-0.15, -0.1) is 24.2 Å². The first-order valence-corrected chi connectivity index (χ1v) is 10.1.